The van der Waals surface area contributed by atoms with Crippen molar-refractivity contribution >= 4 is 23.3 Å². The van der Waals surface area contributed by atoms with Crippen molar-refractivity contribution in [1.82, 2.24) is 4.65 Å². The molecule has 0 spiro atoms. The molecule has 118 valence electrons. The Bertz CT molecular complexity index is 471. The molecule has 0 radical (unpaired) electrons. The van der Waals surface area contributed by atoms with Crippen molar-refractivity contribution in [2.75, 3.05) is 19.0 Å². The van der Waals surface area contributed by atoms with Gasteiger partial charge in [0, 0.05) is 18.6 Å². The van der Waals surface area contributed by atoms with Gasteiger partial charge in [-0.15, -0.1) is 16.2 Å². The Morgan fingerprint density at radius 1 is 1.33 bits per heavy atom. The predicted molar refractivity (Wildman–Crippen MR) is 86.1 cm³/mol. The van der Waals surface area contributed by atoms with E-state index in [2.05, 4.69) is 0 Å². The standard InChI is InChI=1S/C16H24ClNO3/c1-3-10-18(21,11-9-17)15-8-7-13(2)14(12-15)5-4-6-16(19)20/h7-8,12,21H,3-6,9-11H2,1-2H3/p+1. The summed E-state index contributed by atoms with van der Waals surface area (Å²) in [5.41, 5.74) is 3.04. The van der Waals surface area contributed by atoms with E-state index in [1.165, 1.54) is 0 Å². The summed E-state index contributed by atoms with van der Waals surface area (Å²) < 4.78 is -0.161. The minimum Gasteiger partial charge on any atom is -0.481 e. The van der Waals surface area contributed by atoms with Crippen molar-refractivity contribution in [1.29, 1.82) is 0 Å². The largest absolute Gasteiger partial charge is 0.481 e. The van der Waals surface area contributed by atoms with Gasteiger partial charge in [-0.25, -0.2) is 5.21 Å². The minimum absolute atomic E-state index is 0.161. The van der Waals surface area contributed by atoms with Crippen LogP contribution in [0.3, 0.4) is 0 Å². The molecule has 0 fully saturated rings. The second-order valence-corrected chi connectivity index (χ2v) is 5.79. The third kappa shape index (κ3) is 5.30. The molecule has 1 unspecified atom stereocenters. The minimum atomic E-state index is -0.774. The summed E-state index contributed by atoms with van der Waals surface area (Å²) in [5, 5.41) is 19.5. The fourth-order valence-electron chi connectivity index (χ4n) is 2.50. The van der Waals surface area contributed by atoms with Crippen molar-refractivity contribution in [3.05, 3.63) is 29.3 Å². The average molecular weight is 315 g/mol. The number of hydroxylamine groups is 2. The van der Waals surface area contributed by atoms with E-state index < -0.39 is 5.97 Å². The maximum atomic E-state index is 10.8. The number of quaternary nitrogens is 1. The molecule has 0 amide bonds. The van der Waals surface area contributed by atoms with Crippen LogP contribution < -0.4 is 4.65 Å². The lowest BCUT2D eigenvalue weighted by atomic mass is 10.0. The molecular formula is C16H25ClNO3+. The van der Waals surface area contributed by atoms with Crippen molar-refractivity contribution in [2.24, 2.45) is 0 Å². The number of halogens is 1. The van der Waals surface area contributed by atoms with E-state index in [9.17, 15) is 10.0 Å². The fourth-order valence-corrected chi connectivity index (χ4v) is 2.78. The van der Waals surface area contributed by atoms with E-state index in [1.807, 2.05) is 32.0 Å². The van der Waals surface area contributed by atoms with Gasteiger partial charge in [0.2, 0.25) is 0 Å². The van der Waals surface area contributed by atoms with Crippen LogP contribution in [0.2, 0.25) is 0 Å². The van der Waals surface area contributed by atoms with Gasteiger partial charge in [0.1, 0.15) is 13.1 Å². The van der Waals surface area contributed by atoms with Gasteiger partial charge in [-0.2, -0.15) is 0 Å². The lowest BCUT2D eigenvalue weighted by molar-refractivity contribution is -0.137. The summed E-state index contributed by atoms with van der Waals surface area (Å²) >= 11 is 5.82. The van der Waals surface area contributed by atoms with Gasteiger partial charge in [-0.3, -0.25) is 4.79 Å². The third-order valence-corrected chi connectivity index (χ3v) is 3.87. The summed E-state index contributed by atoms with van der Waals surface area (Å²) in [6.45, 7) is 5.12. The molecule has 5 heteroatoms. The van der Waals surface area contributed by atoms with Gasteiger partial charge >= 0.3 is 5.97 Å². The van der Waals surface area contributed by atoms with Gasteiger partial charge in [-0.05, 0) is 37.3 Å². The molecule has 1 aromatic rings. The zero-order chi connectivity index (χ0) is 15.9. The Labute approximate surface area is 131 Å². The molecule has 0 aliphatic rings. The molecule has 1 rings (SSSR count). The first-order chi connectivity index (χ1) is 9.92. The third-order valence-electron chi connectivity index (χ3n) is 3.70. The van der Waals surface area contributed by atoms with Crippen LogP contribution in [0.25, 0.3) is 0 Å². The lowest BCUT2D eigenvalue weighted by Gasteiger charge is -2.29. The topological polar surface area (TPSA) is 57.5 Å². The fraction of sp³-hybridized carbons (Fsp3) is 0.562. The molecular weight excluding hydrogens is 290 g/mol. The summed E-state index contributed by atoms with van der Waals surface area (Å²) in [5.74, 6) is -0.386. The van der Waals surface area contributed by atoms with Gasteiger partial charge in [0.25, 0.3) is 0 Å². The first-order valence-corrected chi connectivity index (χ1v) is 7.94. The normalized spacial score (nSPS) is 13.9. The number of rotatable bonds is 9. The second-order valence-electron chi connectivity index (χ2n) is 5.42. The summed E-state index contributed by atoms with van der Waals surface area (Å²) in [4.78, 5) is 10.6. The Kier molecular flexibility index (Phi) is 7.15. The molecule has 1 aromatic carbocycles. The van der Waals surface area contributed by atoms with E-state index in [4.69, 9.17) is 16.7 Å². The highest BCUT2D eigenvalue weighted by Gasteiger charge is 2.27. The smallest absolute Gasteiger partial charge is 0.303 e. The van der Waals surface area contributed by atoms with E-state index in [1.54, 1.807) is 0 Å². The van der Waals surface area contributed by atoms with Crippen molar-refractivity contribution in [3.63, 3.8) is 0 Å². The molecule has 0 bridgehead atoms. The molecule has 0 saturated heterocycles. The Balaban J connectivity index is 2.95. The molecule has 0 aromatic heterocycles. The molecule has 0 saturated carbocycles. The molecule has 1 atom stereocenters. The Morgan fingerprint density at radius 2 is 2.05 bits per heavy atom. The number of nitrogens with zero attached hydrogens (tertiary/aromatic N) is 1. The first kappa shape index (κ1) is 18.0. The van der Waals surface area contributed by atoms with Crippen molar-refractivity contribution in [3.8, 4) is 0 Å². The number of carbonyl (C=O) groups is 1. The van der Waals surface area contributed by atoms with Crippen molar-refractivity contribution in [2.45, 2.75) is 39.5 Å². The van der Waals surface area contributed by atoms with Crippen LogP contribution >= 0.6 is 11.6 Å². The van der Waals surface area contributed by atoms with Gasteiger partial charge in [0.05, 0.1) is 5.88 Å². The number of alkyl halides is 1. The highest BCUT2D eigenvalue weighted by Crippen LogP contribution is 2.25. The number of hydrogen-bond acceptors (Lipinski definition) is 2. The second kappa shape index (κ2) is 8.37. The molecule has 0 aliphatic heterocycles. The molecule has 2 N–H and O–H groups in total. The van der Waals surface area contributed by atoms with E-state index in [0.717, 1.165) is 23.2 Å². The summed E-state index contributed by atoms with van der Waals surface area (Å²) in [7, 11) is 0. The zero-order valence-corrected chi connectivity index (χ0v) is 13.6. The van der Waals surface area contributed by atoms with Crippen LogP contribution in [0.4, 0.5) is 5.69 Å². The SMILES string of the molecule is CCC[N+](O)(CCCl)c1ccc(C)c(CCCC(=O)O)c1. The monoisotopic (exact) mass is 314 g/mol. The van der Waals surface area contributed by atoms with Gasteiger partial charge in [-0.1, -0.05) is 13.0 Å². The maximum absolute atomic E-state index is 10.8. The summed E-state index contributed by atoms with van der Waals surface area (Å²) in [6, 6.07) is 5.90. The number of benzene rings is 1. The lowest BCUT2D eigenvalue weighted by Crippen LogP contribution is -2.48. The highest BCUT2D eigenvalue weighted by atomic mass is 35.5. The van der Waals surface area contributed by atoms with Crippen LogP contribution in [0.15, 0.2) is 18.2 Å². The van der Waals surface area contributed by atoms with E-state index in [0.29, 0.717) is 31.8 Å². The number of aliphatic carboxylic acids is 1. The highest BCUT2D eigenvalue weighted by molar-refractivity contribution is 6.18. The van der Waals surface area contributed by atoms with E-state index in [-0.39, 0.29) is 11.1 Å². The maximum Gasteiger partial charge on any atom is 0.303 e. The van der Waals surface area contributed by atoms with Crippen LogP contribution in [0.1, 0.15) is 37.3 Å². The Morgan fingerprint density at radius 3 is 2.62 bits per heavy atom. The summed E-state index contributed by atoms with van der Waals surface area (Å²) in [6.07, 6.45) is 2.34. The first-order valence-electron chi connectivity index (χ1n) is 7.40. The van der Waals surface area contributed by atoms with Crippen LogP contribution in [0.5, 0.6) is 0 Å². The van der Waals surface area contributed by atoms with Gasteiger partial charge < -0.3 is 5.11 Å². The number of carboxylic acids is 1. The average Bonchev–Trinajstić information content (AvgIpc) is 2.41. The molecule has 0 aliphatic carbocycles. The molecule has 4 nitrogen and oxygen atoms in total. The Hall–Kier alpha value is -1.10. The van der Waals surface area contributed by atoms with E-state index >= 15 is 0 Å². The molecule has 21 heavy (non-hydrogen) atoms. The number of hydrogen-bond donors (Lipinski definition) is 2. The number of aryl methyl sites for hydroxylation is 2. The van der Waals surface area contributed by atoms with Crippen LogP contribution in [-0.2, 0) is 11.2 Å². The molecule has 0 heterocycles. The predicted octanol–water partition coefficient (Wildman–Crippen LogP) is 3.75. The zero-order valence-electron chi connectivity index (χ0n) is 12.8. The van der Waals surface area contributed by atoms with Gasteiger partial charge in [0.15, 0.2) is 5.69 Å². The van der Waals surface area contributed by atoms with Crippen LogP contribution in [-0.4, -0.2) is 35.3 Å². The van der Waals surface area contributed by atoms with Crippen LogP contribution in [0, 0.1) is 6.92 Å². The number of carboxylic acid groups (broad SMARTS) is 1. The quantitative estimate of drug-likeness (QED) is 0.414. The van der Waals surface area contributed by atoms with Crippen molar-refractivity contribution < 1.29 is 15.1 Å².